The van der Waals surface area contributed by atoms with Gasteiger partial charge >= 0.3 is 0 Å². The maximum absolute atomic E-state index is 13.0. The third-order valence-electron chi connectivity index (χ3n) is 2.69. The van der Waals surface area contributed by atoms with Gasteiger partial charge in [0, 0.05) is 11.3 Å². The minimum Gasteiger partial charge on any atom is -0.378 e. The van der Waals surface area contributed by atoms with Crippen molar-refractivity contribution in [2.45, 2.75) is 0 Å². The van der Waals surface area contributed by atoms with E-state index < -0.39 is 11.6 Å². The molecule has 0 aliphatic rings. The molecule has 0 amide bonds. The lowest BCUT2D eigenvalue weighted by Gasteiger charge is -2.06. The number of anilines is 1. The Bertz CT molecular complexity index is 693. The molecule has 20 heavy (non-hydrogen) atoms. The average Bonchev–Trinajstić information content (AvgIpc) is 2.47. The van der Waals surface area contributed by atoms with Crippen molar-refractivity contribution in [2.75, 3.05) is 11.9 Å². The zero-order valence-electron chi connectivity index (χ0n) is 10.4. The molecule has 0 unspecified atom stereocenters. The summed E-state index contributed by atoms with van der Waals surface area (Å²) in [5.74, 6) is -2.41. The van der Waals surface area contributed by atoms with Gasteiger partial charge in [0.25, 0.3) is 0 Å². The van der Waals surface area contributed by atoms with E-state index in [2.05, 4.69) is 5.32 Å². The first-order valence-electron chi connectivity index (χ1n) is 5.82. The number of carbonyl (C=O) groups excluding carboxylic acids is 1. The van der Waals surface area contributed by atoms with Gasteiger partial charge in [0.1, 0.15) is 0 Å². The van der Waals surface area contributed by atoms with Gasteiger partial charge in [-0.1, -0.05) is 6.07 Å². The molecule has 0 aliphatic carbocycles. The van der Waals surface area contributed by atoms with E-state index in [1.54, 1.807) is 24.3 Å². The second kappa shape index (κ2) is 5.93. The molecule has 0 spiro atoms. The van der Waals surface area contributed by atoms with Crippen molar-refractivity contribution < 1.29 is 13.6 Å². The molecule has 100 valence electrons. The van der Waals surface area contributed by atoms with Crippen LogP contribution in [0.5, 0.6) is 0 Å². The number of ketones is 1. The van der Waals surface area contributed by atoms with Gasteiger partial charge in [-0.3, -0.25) is 4.79 Å². The van der Waals surface area contributed by atoms with E-state index in [0.29, 0.717) is 11.3 Å². The van der Waals surface area contributed by atoms with Crippen molar-refractivity contribution in [1.82, 2.24) is 0 Å². The molecule has 3 nitrogen and oxygen atoms in total. The lowest BCUT2D eigenvalue weighted by Crippen LogP contribution is -2.14. The molecule has 2 rings (SSSR count). The first-order chi connectivity index (χ1) is 9.60. The largest absolute Gasteiger partial charge is 0.378 e. The highest BCUT2D eigenvalue weighted by atomic mass is 19.2. The van der Waals surface area contributed by atoms with E-state index in [9.17, 15) is 13.6 Å². The molecule has 0 saturated heterocycles. The second-order valence-electron chi connectivity index (χ2n) is 4.10. The summed E-state index contributed by atoms with van der Waals surface area (Å²) in [5.41, 5.74) is 1.17. The summed E-state index contributed by atoms with van der Waals surface area (Å²) in [6.07, 6.45) is 0. The molecular formula is C15H10F2N2O. The Morgan fingerprint density at radius 3 is 2.65 bits per heavy atom. The second-order valence-corrected chi connectivity index (χ2v) is 4.10. The fourth-order valence-electron chi connectivity index (χ4n) is 1.65. The Labute approximate surface area is 114 Å². The molecule has 1 N–H and O–H groups in total. The molecule has 0 aromatic heterocycles. The summed E-state index contributed by atoms with van der Waals surface area (Å²) < 4.78 is 25.8. The summed E-state index contributed by atoms with van der Waals surface area (Å²) in [6.45, 7) is -0.0695. The Morgan fingerprint density at radius 2 is 1.95 bits per heavy atom. The summed E-state index contributed by atoms with van der Waals surface area (Å²) in [4.78, 5) is 11.8. The number of carbonyl (C=O) groups is 1. The maximum atomic E-state index is 13.0. The fraction of sp³-hybridized carbons (Fsp3) is 0.0667. The van der Waals surface area contributed by atoms with Gasteiger partial charge in [0.05, 0.1) is 18.2 Å². The highest BCUT2D eigenvalue weighted by Crippen LogP contribution is 2.12. The molecule has 0 heterocycles. The van der Waals surface area contributed by atoms with Crippen LogP contribution in [0.1, 0.15) is 15.9 Å². The Balaban J connectivity index is 2.05. The molecule has 0 fully saturated rings. The molecule has 2 aromatic carbocycles. The van der Waals surface area contributed by atoms with Crippen LogP contribution in [0, 0.1) is 23.0 Å². The predicted octanol–water partition coefficient (Wildman–Crippen LogP) is 3.13. The molecule has 0 saturated carbocycles. The zero-order chi connectivity index (χ0) is 14.5. The smallest absolute Gasteiger partial charge is 0.181 e. The van der Waals surface area contributed by atoms with Crippen molar-refractivity contribution in [2.24, 2.45) is 0 Å². The lowest BCUT2D eigenvalue weighted by atomic mass is 10.1. The van der Waals surface area contributed by atoms with Crippen LogP contribution in [0.25, 0.3) is 0 Å². The van der Waals surface area contributed by atoms with Gasteiger partial charge in [-0.15, -0.1) is 0 Å². The summed E-state index contributed by atoms with van der Waals surface area (Å²) in [5, 5.41) is 11.6. The number of nitrogens with one attached hydrogen (secondary N) is 1. The van der Waals surface area contributed by atoms with Crippen LogP contribution in [0.2, 0.25) is 0 Å². The number of rotatable bonds is 4. The van der Waals surface area contributed by atoms with Crippen LogP contribution < -0.4 is 5.32 Å². The first kappa shape index (κ1) is 13.7. The van der Waals surface area contributed by atoms with Crippen LogP contribution in [0.4, 0.5) is 14.5 Å². The van der Waals surface area contributed by atoms with Crippen molar-refractivity contribution in [1.29, 1.82) is 5.26 Å². The average molecular weight is 272 g/mol. The van der Waals surface area contributed by atoms with Crippen molar-refractivity contribution in [3.05, 3.63) is 65.2 Å². The fourth-order valence-corrected chi connectivity index (χ4v) is 1.65. The summed E-state index contributed by atoms with van der Waals surface area (Å²) in [6, 6.07) is 11.6. The molecule has 2 aromatic rings. The van der Waals surface area contributed by atoms with E-state index in [-0.39, 0.29) is 17.9 Å². The van der Waals surface area contributed by atoms with Crippen molar-refractivity contribution >= 4 is 11.5 Å². The number of nitrogens with zero attached hydrogens (tertiary/aromatic N) is 1. The third-order valence-corrected chi connectivity index (χ3v) is 2.69. The number of Topliss-reactive ketones (excluding diaryl/α,β-unsaturated/α-hetero) is 1. The van der Waals surface area contributed by atoms with Crippen LogP contribution in [-0.4, -0.2) is 12.3 Å². The van der Waals surface area contributed by atoms with E-state index in [1.807, 2.05) is 6.07 Å². The SMILES string of the molecule is N#Cc1cccc(NCC(=O)c2ccc(F)c(F)c2)c1. The van der Waals surface area contributed by atoms with Crippen LogP contribution in [0.15, 0.2) is 42.5 Å². The van der Waals surface area contributed by atoms with E-state index in [1.165, 1.54) is 6.07 Å². The molecule has 0 radical (unpaired) electrons. The first-order valence-corrected chi connectivity index (χ1v) is 5.82. The Kier molecular flexibility index (Phi) is 4.06. The van der Waals surface area contributed by atoms with Gasteiger partial charge in [-0.2, -0.15) is 5.26 Å². The minimum absolute atomic E-state index is 0.0695. The quantitative estimate of drug-likeness (QED) is 0.870. The lowest BCUT2D eigenvalue weighted by molar-refractivity contribution is 0.101. The van der Waals surface area contributed by atoms with E-state index in [4.69, 9.17) is 5.26 Å². The molecular weight excluding hydrogens is 262 g/mol. The van der Waals surface area contributed by atoms with Crippen molar-refractivity contribution in [3.8, 4) is 6.07 Å². The summed E-state index contributed by atoms with van der Waals surface area (Å²) >= 11 is 0. The number of hydrogen-bond acceptors (Lipinski definition) is 3. The Hall–Kier alpha value is -2.74. The predicted molar refractivity (Wildman–Crippen MR) is 70.3 cm³/mol. The van der Waals surface area contributed by atoms with Gasteiger partial charge in [-0.05, 0) is 36.4 Å². The number of hydrogen-bond donors (Lipinski definition) is 1. The molecule has 0 aliphatic heterocycles. The van der Waals surface area contributed by atoms with Gasteiger partial charge in [-0.25, -0.2) is 8.78 Å². The van der Waals surface area contributed by atoms with E-state index >= 15 is 0 Å². The summed E-state index contributed by atoms with van der Waals surface area (Å²) in [7, 11) is 0. The number of halogens is 2. The highest BCUT2D eigenvalue weighted by Gasteiger charge is 2.09. The van der Waals surface area contributed by atoms with Crippen LogP contribution in [0.3, 0.4) is 0 Å². The van der Waals surface area contributed by atoms with Gasteiger partial charge in [0.2, 0.25) is 0 Å². The molecule has 0 atom stereocenters. The monoisotopic (exact) mass is 272 g/mol. The third kappa shape index (κ3) is 3.18. The van der Waals surface area contributed by atoms with Gasteiger partial charge < -0.3 is 5.32 Å². The molecule has 5 heteroatoms. The minimum atomic E-state index is -1.05. The van der Waals surface area contributed by atoms with Crippen LogP contribution in [-0.2, 0) is 0 Å². The highest BCUT2D eigenvalue weighted by molar-refractivity contribution is 5.98. The normalized spacial score (nSPS) is 9.85. The van der Waals surface area contributed by atoms with Crippen molar-refractivity contribution in [3.63, 3.8) is 0 Å². The number of benzene rings is 2. The topological polar surface area (TPSA) is 52.9 Å². The van der Waals surface area contributed by atoms with Gasteiger partial charge in [0.15, 0.2) is 17.4 Å². The van der Waals surface area contributed by atoms with Crippen LogP contribution >= 0.6 is 0 Å². The zero-order valence-corrected chi connectivity index (χ0v) is 10.4. The standard InChI is InChI=1S/C15H10F2N2O/c16-13-5-4-11(7-14(13)17)15(20)9-19-12-3-1-2-10(6-12)8-18/h1-7,19H,9H2. The Morgan fingerprint density at radius 1 is 1.15 bits per heavy atom. The van der Waals surface area contributed by atoms with E-state index in [0.717, 1.165) is 12.1 Å². The maximum Gasteiger partial charge on any atom is 0.181 e. The number of nitriles is 1. The molecule has 0 bridgehead atoms.